The standard InChI is InChI=1S/C22H26N2O4/c1-4-5-6-21(25)24-18-8-7-16(11-15(18)3)23-22(26)17-13-20-19(12-14(17)2)27-9-10-28-20/h7-8,11-13H,4-6,9-10H2,1-3H3,(H,23,26)(H,24,25). The number of hydrogen-bond acceptors (Lipinski definition) is 4. The molecule has 0 radical (unpaired) electrons. The molecule has 2 aromatic rings. The Hall–Kier alpha value is -3.02. The summed E-state index contributed by atoms with van der Waals surface area (Å²) in [6.45, 7) is 6.81. The van der Waals surface area contributed by atoms with Crippen LogP contribution in [0.4, 0.5) is 11.4 Å². The number of amides is 2. The number of unbranched alkanes of at least 4 members (excludes halogenated alkanes) is 1. The third-order valence-electron chi connectivity index (χ3n) is 4.65. The number of aryl methyl sites for hydroxylation is 2. The van der Waals surface area contributed by atoms with Gasteiger partial charge in [-0.15, -0.1) is 0 Å². The highest BCUT2D eigenvalue weighted by atomic mass is 16.6. The van der Waals surface area contributed by atoms with Gasteiger partial charge in [-0.3, -0.25) is 9.59 Å². The minimum absolute atomic E-state index is 0.00800. The molecule has 148 valence electrons. The summed E-state index contributed by atoms with van der Waals surface area (Å²) < 4.78 is 11.1. The van der Waals surface area contributed by atoms with Crippen molar-refractivity contribution in [3.05, 3.63) is 47.0 Å². The molecule has 2 aromatic carbocycles. The van der Waals surface area contributed by atoms with Crippen molar-refractivity contribution in [1.82, 2.24) is 0 Å². The molecule has 0 fully saturated rings. The van der Waals surface area contributed by atoms with Crippen molar-refractivity contribution in [3.63, 3.8) is 0 Å². The highest BCUT2D eigenvalue weighted by Gasteiger charge is 2.18. The lowest BCUT2D eigenvalue weighted by Gasteiger charge is -2.20. The molecule has 1 aliphatic heterocycles. The highest BCUT2D eigenvalue weighted by Crippen LogP contribution is 2.33. The summed E-state index contributed by atoms with van der Waals surface area (Å²) in [5.41, 5.74) is 3.68. The van der Waals surface area contributed by atoms with Crippen LogP contribution in [0.3, 0.4) is 0 Å². The van der Waals surface area contributed by atoms with Crippen LogP contribution >= 0.6 is 0 Å². The molecule has 0 aromatic heterocycles. The topological polar surface area (TPSA) is 76.7 Å². The van der Waals surface area contributed by atoms with Crippen molar-refractivity contribution in [2.24, 2.45) is 0 Å². The summed E-state index contributed by atoms with van der Waals surface area (Å²) in [6, 6.07) is 8.98. The first-order valence-corrected chi connectivity index (χ1v) is 9.60. The second-order valence-electron chi connectivity index (χ2n) is 6.95. The summed E-state index contributed by atoms with van der Waals surface area (Å²) in [7, 11) is 0. The largest absolute Gasteiger partial charge is 0.486 e. The Morgan fingerprint density at radius 3 is 2.36 bits per heavy atom. The fraction of sp³-hybridized carbons (Fsp3) is 0.364. The third kappa shape index (κ3) is 4.63. The second-order valence-corrected chi connectivity index (χ2v) is 6.95. The zero-order valence-corrected chi connectivity index (χ0v) is 16.6. The van der Waals surface area contributed by atoms with E-state index in [0.717, 1.165) is 29.7 Å². The van der Waals surface area contributed by atoms with Crippen molar-refractivity contribution < 1.29 is 19.1 Å². The Labute approximate surface area is 165 Å². The van der Waals surface area contributed by atoms with Gasteiger partial charge >= 0.3 is 0 Å². The van der Waals surface area contributed by atoms with Gasteiger partial charge in [-0.2, -0.15) is 0 Å². The van der Waals surface area contributed by atoms with Gasteiger partial charge in [0, 0.05) is 23.4 Å². The quantitative estimate of drug-likeness (QED) is 0.774. The summed E-state index contributed by atoms with van der Waals surface area (Å²) >= 11 is 0. The van der Waals surface area contributed by atoms with Gasteiger partial charge in [0.15, 0.2) is 11.5 Å². The Morgan fingerprint density at radius 2 is 1.68 bits per heavy atom. The lowest BCUT2D eigenvalue weighted by atomic mass is 10.1. The zero-order valence-electron chi connectivity index (χ0n) is 16.6. The van der Waals surface area contributed by atoms with Crippen LogP contribution in [0, 0.1) is 13.8 Å². The van der Waals surface area contributed by atoms with E-state index in [1.807, 2.05) is 32.0 Å². The van der Waals surface area contributed by atoms with Crippen molar-refractivity contribution >= 4 is 23.2 Å². The molecule has 6 nitrogen and oxygen atoms in total. The lowest BCUT2D eigenvalue weighted by molar-refractivity contribution is -0.116. The third-order valence-corrected chi connectivity index (χ3v) is 4.65. The van der Waals surface area contributed by atoms with Crippen molar-refractivity contribution in [1.29, 1.82) is 0 Å². The Kier molecular flexibility index (Phi) is 6.19. The van der Waals surface area contributed by atoms with Gasteiger partial charge in [-0.1, -0.05) is 13.3 Å². The van der Waals surface area contributed by atoms with Gasteiger partial charge in [0.05, 0.1) is 0 Å². The van der Waals surface area contributed by atoms with Crippen LogP contribution in [0.5, 0.6) is 11.5 Å². The van der Waals surface area contributed by atoms with Crippen molar-refractivity contribution in [3.8, 4) is 11.5 Å². The molecule has 6 heteroatoms. The maximum atomic E-state index is 12.7. The van der Waals surface area contributed by atoms with Crippen LogP contribution in [0.1, 0.15) is 47.7 Å². The van der Waals surface area contributed by atoms with Crippen LogP contribution in [-0.2, 0) is 4.79 Å². The molecular formula is C22H26N2O4. The molecule has 0 unspecified atom stereocenters. The zero-order chi connectivity index (χ0) is 20.1. The Morgan fingerprint density at radius 1 is 0.964 bits per heavy atom. The number of carbonyl (C=O) groups excluding carboxylic acids is 2. The van der Waals surface area contributed by atoms with Gasteiger partial charge in [-0.05, 0) is 61.7 Å². The highest BCUT2D eigenvalue weighted by molar-refractivity contribution is 6.06. The smallest absolute Gasteiger partial charge is 0.256 e. The first-order valence-electron chi connectivity index (χ1n) is 9.60. The summed E-state index contributed by atoms with van der Waals surface area (Å²) in [5, 5.41) is 5.83. The van der Waals surface area contributed by atoms with E-state index in [9.17, 15) is 9.59 Å². The average Bonchev–Trinajstić information content (AvgIpc) is 2.67. The van der Waals surface area contributed by atoms with Crippen molar-refractivity contribution in [2.75, 3.05) is 23.8 Å². The molecule has 0 bridgehead atoms. The monoisotopic (exact) mass is 382 g/mol. The molecule has 1 heterocycles. The molecule has 3 rings (SSSR count). The number of fused-ring (bicyclic) bond motifs is 1. The molecule has 0 aliphatic carbocycles. The van der Waals surface area contributed by atoms with E-state index in [2.05, 4.69) is 17.6 Å². The molecular weight excluding hydrogens is 356 g/mol. The van der Waals surface area contributed by atoms with Gasteiger partial charge < -0.3 is 20.1 Å². The van der Waals surface area contributed by atoms with E-state index in [-0.39, 0.29) is 11.8 Å². The maximum Gasteiger partial charge on any atom is 0.256 e. The average molecular weight is 382 g/mol. The summed E-state index contributed by atoms with van der Waals surface area (Å²) in [5.74, 6) is 1.05. The minimum Gasteiger partial charge on any atom is -0.486 e. The predicted molar refractivity (Wildman–Crippen MR) is 109 cm³/mol. The molecule has 0 saturated carbocycles. The maximum absolute atomic E-state index is 12.7. The van der Waals surface area contributed by atoms with E-state index in [0.29, 0.717) is 42.4 Å². The molecule has 28 heavy (non-hydrogen) atoms. The minimum atomic E-state index is -0.214. The van der Waals surface area contributed by atoms with Crippen LogP contribution in [-0.4, -0.2) is 25.0 Å². The number of nitrogens with one attached hydrogen (secondary N) is 2. The van der Waals surface area contributed by atoms with Crippen LogP contribution in [0.15, 0.2) is 30.3 Å². The van der Waals surface area contributed by atoms with E-state index in [4.69, 9.17) is 9.47 Å². The first kappa shape index (κ1) is 19.7. The fourth-order valence-corrected chi connectivity index (χ4v) is 3.07. The summed E-state index contributed by atoms with van der Waals surface area (Å²) in [6.07, 6.45) is 2.36. The SMILES string of the molecule is CCCCC(=O)Nc1ccc(NC(=O)c2cc3c(cc2C)OCCO3)cc1C. The van der Waals surface area contributed by atoms with Crippen LogP contribution < -0.4 is 20.1 Å². The Bertz CT molecular complexity index is 892. The second kappa shape index (κ2) is 8.78. The molecule has 2 amide bonds. The summed E-state index contributed by atoms with van der Waals surface area (Å²) in [4.78, 5) is 24.7. The molecule has 2 N–H and O–H groups in total. The van der Waals surface area contributed by atoms with E-state index in [1.54, 1.807) is 12.1 Å². The Balaban J connectivity index is 1.71. The lowest BCUT2D eigenvalue weighted by Crippen LogP contribution is -2.18. The van der Waals surface area contributed by atoms with Gasteiger partial charge in [0.1, 0.15) is 13.2 Å². The number of carbonyl (C=O) groups is 2. The first-order chi connectivity index (χ1) is 13.5. The van der Waals surface area contributed by atoms with Gasteiger partial charge in [-0.25, -0.2) is 0 Å². The number of rotatable bonds is 6. The number of ether oxygens (including phenoxy) is 2. The van der Waals surface area contributed by atoms with Crippen LogP contribution in [0.2, 0.25) is 0 Å². The molecule has 0 saturated heterocycles. The number of hydrogen-bond donors (Lipinski definition) is 2. The van der Waals surface area contributed by atoms with Crippen LogP contribution in [0.25, 0.3) is 0 Å². The number of benzene rings is 2. The molecule has 0 spiro atoms. The van der Waals surface area contributed by atoms with E-state index >= 15 is 0 Å². The van der Waals surface area contributed by atoms with E-state index < -0.39 is 0 Å². The van der Waals surface area contributed by atoms with E-state index in [1.165, 1.54) is 0 Å². The molecule has 1 aliphatic rings. The molecule has 0 atom stereocenters. The fourth-order valence-electron chi connectivity index (χ4n) is 3.07. The number of anilines is 2. The van der Waals surface area contributed by atoms with Gasteiger partial charge in [0.25, 0.3) is 5.91 Å². The normalized spacial score (nSPS) is 12.4. The van der Waals surface area contributed by atoms with Gasteiger partial charge in [0.2, 0.25) is 5.91 Å². The van der Waals surface area contributed by atoms with Crippen molar-refractivity contribution in [2.45, 2.75) is 40.0 Å². The predicted octanol–water partition coefficient (Wildman–Crippen LogP) is 4.46.